The second-order valence-corrected chi connectivity index (χ2v) is 4.27. The topological polar surface area (TPSA) is 46.5 Å². The third kappa shape index (κ3) is 2.99. The van der Waals surface area contributed by atoms with Crippen LogP contribution in [0.15, 0.2) is 42.5 Å². The fourth-order valence-corrected chi connectivity index (χ4v) is 1.96. The van der Waals surface area contributed by atoms with Crippen molar-refractivity contribution >= 4 is 5.97 Å². The minimum atomic E-state index is -4.57. The lowest BCUT2D eigenvalue weighted by Gasteiger charge is -2.14. The maximum absolute atomic E-state index is 13.0. The second kappa shape index (κ2) is 5.47. The third-order valence-corrected chi connectivity index (χ3v) is 2.94. The van der Waals surface area contributed by atoms with Gasteiger partial charge in [0.1, 0.15) is 5.75 Å². The molecular weight excluding hydrogens is 285 g/mol. The molecule has 2 aromatic carbocycles. The van der Waals surface area contributed by atoms with Crippen LogP contribution in [-0.4, -0.2) is 18.2 Å². The highest BCUT2D eigenvalue weighted by Gasteiger charge is 2.33. The molecule has 21 heavy (non-hydrogen) atoms. The number of aromatic hydroxyl groups is 1. The van der Waals surface area contributed by atoms with E-state index in [0.29, 0.717) is 0 Å². The van der Waals surface area contributed by atoms with Crippen LogP contribution in [0.2, 0.25) is 0 Å². The molecule has 6 heteroatoms. The van der Waals surface area contributed by atoms with Crippen LogP contribution in [0, 0.1) is 0 Å². The van der Waals surface area contributed by atoms with E-state index in [-0.39, 0.29) is 22.4 Å². The van der Waals surface area contributed by atoms with Gasteiger partial charge in [-0.3, -0.25) is 0 Å². The number of halogens is 3. The number of carbonyl (C=O) groups excluding carboxylic acids is 1. The van der Waals surface area contributed by atoms with Gasteiger partial charge in [0.05, 0.1) is 18.2 Å². The van der Waals surface area contributed by atoms with Crippen molar-refractivity contribution in [2.75, 3.05) is 7.11 Å². The van der Waals surface area contributed by atoms with Gasteiger partial charge in [-0.15, -0.1) is 0 Å². The lowest BCUT2D eigenvalue weighted by molar-refractivity contribution is -0.137. The number of rotatable bonds is 2. The van der Waals surface area contributed by atoms with E-state index in [0.717, 1.165) is 12.1 Å². The number of benzene rings is 2. The maximum atomic E-state index is 13.0. The standard InChI is InChI=1S/C15H11F3O3/c1-21-14(20)9-6-7-13(19)11(8-9)10-4-2-3-5-12(10)15(16,17)18/h2-8,19H,1H3. The molecule has 0 saturated heterocycles. The van der Waals surface area contributed by atoms with Gasteiger partial charge in [0.15, 0.2) is 0 Å². The van der Waals surface area contributed by atoms with Gasteiger partial charge in [-0.2, -0.15) is 13.2 Å². The molecule has 2 rings (SSSR count). The molecule has 0 fully saturated rings. The zero-order valence-electron chi connectivity index (χ0n) is 10.9. The van der Waals surface area contributed by atoms with Crippen molar-refractivity contribution in [3.8, 4) is 16.9 Å². The summed E-state index contributed by atoms with van der Waals surface area (Å²) >= 11 is 0. The average molecular weight is 296 g/mol. The Bertz CT molecular complexity index is 678. The Hall–Kier alpha value is -2.50. The summed E-state index contributed by atoms with van der Waals surface area (Å²) in [5.74, 6) is -1.04. The quantitative estimate of drug-likeness (QED) is 0.856. The Morgan fingerprint density at radius 1 is 1.10 bits per heavy atom. The van der Waals surface area contributed by atoms with Crippen LogP contribution in [0.5, 0.6) is 5.75 Å². The third-order valence-electron chi connectivity index (χ3n) is 2.94. The van der Waals surface area contributed by atoms with Gasteiger partial charge in [0.2, 0.25) is 0 Å². The highest BCUT2D eigenvalue weighted by molar-refractivity contribution is 5.92. The molecule has 0 amide bonds. The Morgan fingerprint density at radius 3 is 2.38 bits per heavy atom. The molecule has 0 saturated carbocycles. The van der Waals surface area contributed by atoms with E-state index in [1.165, 1.54) is 37.4 Å². The van der Waals surface area contributed by atoms with Crippen molar-refractivity contribution in [1.82, 2.24) is 0 Å². The normalized spacial score (nSPS) is 11.2. The van der Waals surface area contributed by atoms with E-state index in [9.17, 15) is 23.1 Å². The molecule has 0 unspecified atom stereocenters. The zero-order valence-corrected chi connectivity index (χ0v) is 10.9. The predicted molar refractivity (Wildman–Crippen MR) is 69.9 cm³/mol. The zero-order chi connectivity index (χ0) is 15.6. The Balaban J connectivity index is 2.65. The van der Waals surface area contributed by atoms with Crippen molar-refractivity contribution in [2.24, 2.45) is 0 Å². The minimum Gasteiger partial charge on any atom is -0.507 e. The number of alkyl halides is 3. The van der Waals surface area contributed by atoms with E-state index in [2.05, 4.69) is 4.74 Å². The van der Waals surface area contributed by atoms with Gasteiger partial charge in [-0.1, -0.05) is 18.2 Å². The van der Waals surface area contributed by atoms with Crippen LogP contribution < -0.4 is 0 Å². The minimum absolute atomic E-state index is 0.0577. The Labute approximate surface area is 118 Å². The van der Waals surface area contributed by atoms with Gasteiger partial charge in [0.25, 0.3) is 0 Å². The largest absolute Gasteiger partial charge is 0.507 e. The summed E-state index contributed by atoms with van der Waals surface area (Å²) in [6, 6.07) is 8.45. The Kier molecular flexibility index (Phi) is 3.88. The predicted octanol–water partition coefficient (Wildman–Crippen LogP) is 3.86. The van der Waals surface area contributed by atoms with Crippen LogP contribution in [0.4, 0.5) is 13.2 Å². The number of hydrogen-bond acceptors (Lipinski definition) is 3. The number of hydrogen-bond donors (Lipinski definition) is 1. The fraction of sp³-hybridized carbons (Fsp3) is 0.133. The number of methoxy groups -OCH3 is 1. The highest BCUT2D eigenvalue weighted by Crippen LogP contribution is 2.40. The molecule has 110 valence electrons. The summed E-state index contributed by atoms with van der Waals surface area (Å²) in [6.45, 7) is 0. The molecule has 0 aliphatic rings. The smallest absolute Gasteiger partial charge is 0.417 e. The summed E-state index contributed by atoms with van der Waals surface area (Å²) in [5, 5.41) is 9.81. The number of phenolic OH excluding ortho intramolecular Hbond substituents is 1. The molecule has 3 nitrogen and oxygen atoms in total. The van der Waals surface area contributed by atoms with E-state index in [1.54, 1.807) is 0 Å². The summed E-state index contributed by atoms with van der Waals surface area (Å²) in [4.78, 5) is 11.5. The molecule has 2 aromatic rings. The van der Waals surface area contributed by atoms with Crippen LogP contribution in [0.1, 0.15) is 15.9 Å². The van der Waals surface area contributed by atoms with Crippen molar-refractivity contribution < 1.29 is 27.8 Å². The fourth-order valence-electron chi connectivity index (χ4n) is 1.96. The summed E-state index contributed by atoms with van der Waals surface area (Å²) in [7, 11) is 1.17. The van der Waals surface area contributed by atoms with Crippen LogP contribution >= 0.6 is 0 Å². The first-order chi connectivity index (χ1) is 9.84. The summed E-state index contributed by atoms with van der Waals surface area (Å²) < 4.78 is 43.6. The van der Waals surface area contributed by atoms with Crippen LogP contribution in [0.25, 0.3) is 11.1 Å². The lowest BCUT2D eigenvalue weighted by Crippen LogP contribution is -2.07. The second-order valence-electron chi connectivity index (χ2n) is 4.27. The number of ether oxygens (including phenoxy) is 1. The van der Waals surface area contributed by atoms with E-state index in [4.69, 9.17) is 0 Å². The molecular formula is C15H11F3O3. The average Bonchev–Trinajstić information content (AvgIpc) is 2.46. The summed E-state index contributed by atoms with van der Waals surface area (Å²) in [5.41, 5.74) is -1.11. The molecule has 1 N–H and O–H groups in total. The van der Waals surface area contributed by atoms with Gasteiger partial charge in [0, 0.05) is 5.56 Å². The van der Waals surface area contributed by atoms with Crippen LogP contribution in [0.3, 0.4) is 0 Å². The number of phenols is 1. The van der Waals surface area contributed by atoms with Crippen molar-refractivity contribution in [3.63, 3.8) is 0 Å². The Morgan fingerprint density at radius 2 is 1.76 bits per heavy atom. The SMILES string of the molecule is COC(=O)c1ccc(O)c(-c2ccccc2C(F)(F)F)c1. The lowest BCUT2D eigenvalue weighted by atomic mass is 9.97. The molecule has 0 aliphatic heterocycles. The van der Waals surface area contributed by atoms with Crippen molar-refractivity contribution in [3.05, 3.63) is 53.6 Å². The van der Waals surface area contributed by atoms with E-state index < -0.39 is 17.7 Å². The first-order valence-electron chi connectivity index (χ1n) is 5.92. The first kappa shape index (κ1) is 14.9. The van der Waals surface area contributed by atoms with E-state index >= 15 is 0 Å². The van der Waals surface area contributed by atoms with Gasteiger partial charge < -0.3 is 9.84 Å². The first-order valence-corrected chi connectivity index (χ1v) is 5.92. The van der Waals surface area contributed by atoms with Crippen molar-refractivity contribution in [2.45, 2.75) is 6.18 Å². The number of esters is 1. The van der Waals surface area contributed by atoms with Gasteiger partial charge in [-0.25, -0.2) is 4.79 Å². The molecule has 0 heterocycles. The monoisotopic (exact) mass is 296 g/mol. The van der Waals surface area contributed by atoms with Crippen molar-refractivity contribution in [1.29, 1.82) is 0 Å². The maximum Gasteiger partial charge on any atom is 0.417 e. The molecule has 0 spiro atoms. The van der Waals surface area contributed by atoms with E-state index in [1.807, 2.05) is 0 Å². The molecule has 0 radical (unpaired) electrons. The molecule has 0 atom stereocenters. The molecule has 0 aliphatic carbocycles. The molecule has 0 bridgehead atoms. The van der Waals surface area contributed by atoms with Gasteiger partial charge in [-0.05, 0) is 29.8 Å². The highest BCUT2D eigenvalue weighted by atomic mass is 19.4. The summed E-state index contributed by atoms with van der Waals surface area (Å²) in [6.07, 6.45) is -4.57. The van der Waals surface area contributed by atoms with Crippen LogP contribution in [-0.2, 0) is 10.9 Å². The van der Waals surface area contributed by atoms with Gasteiger partial charge >= 0.3 is 12.1 Å². The number of carbonyl (C=O) groups is 1. The molecule has 0 aromatic heterocycles.